The maximum absolute atomic E-state index is 14.2. The van der Waals surface area contributed by atoms with Gasteiger partial charge in [-0.15, -0.1) is 0 Å². The van der Waals surface area contributed by atoms with Crippen LogP contribution in [0.25, 0.3) is 22.1 Å². The van der Waals surface area contributed by atoms with Crippen LogP contribution in [0.3, 0.4) is 0 Å². The number of halogens is 1. The second-order valence-corrected chi connectivity index (χ2v) is 6.89. The van der Waals surface area contributed by atoms with Gasteiger partial charge in [0.25, 0.3) is 5.56 Å². The maximum atomic E-state index is 14.2. The molecule has 9 nitrogen and oxygen atoms in total. The van der Waals surface area contributed by atoms with Gasteiger partial charge in [0.2, 0.25) is 0 Å². The van der Waals surface area contributed by atoms with E-state index in [2.05, 4.69) is 24.9 Å². The van der Waals surface area contributed by atoms with Crippen molar-refractivity contribution in [3.8, 4) is 0 Å². The lowest BCUT2D eigenvalue weighted by Gasteiger charge is -2.13. The summed E-state index contributed by atoms with van der Waals surface area (Å²) in [6, 6.07) is 4.22. The van der Waals surface area contributed by atoms with Gasteiger partial charge in [0.15, 0.2) is 5.65 Å². The smallest absolute Gasteiger partial charge is 0.326 e. The van der Waals surface area contributed by atoms with E-state index in [0.29, 0.717) is 22.0 Å². The topological polar surface area (TPSA) is 116 Å². The number of hydrogen-bond acceptors (Lipinski definition) is 8. The number of esters is 1. The molecule has 0 atom stereocenters. The lowest BCUT2D eigenvalue weighted by atomic mass is 10.2. The highest BCUT2D eigenvalue weighted by atomic mass is 32.2. The van der Waals surface area contributed by atoms with Gasteiger partial charge in [0.05, 0.1) is 24.2 Å². The maximum Gasteiger partial charge on any atom is 0.326 e. The number of aromatic nitrogens is 6. The van der Waals surface area contributed by atoms with Crippen molar-refractivity contribution in [2.75, 3.05) is 6.61 Å². The van der Waals surface area contributed by atoms with Crippen molar-refractivity contribution in [1.29, 1.82) is 0 Å². The van der Waals surface area contributed by atoms with Crippen LogP contribution in [0.1, 0.15) is 12.7 Å². The lowest BCUT2D eigenvalue weighted by molar-refractivity contribution is -0.143. The van der Waals surface area contributed by atoms with Gasteiger partial charge < -0.3 is 9.72 Å². The van der Waals surface area contributed by atoms with Gasteiger partial charge in [-0.25, -0.2) is 24.3 Å². The normalized spacial score (nSPS) is 11.2. The molecule has 4 rings (SSSR count). The molecule has 0 amide bonds. The summed E-state index contributed by atoms with van der Waals surface area (Å²) < 4.78 is 20.3. The predicted octanol–water partition coefficient (Wildman–Crippen LogP) is 2.06. The molecule has 11 heteroatoms. The fourth-order valence-electron chi connectivity index (χ4n) is 2.86. The van der Waals surface area contributed by atoms with Gasteiger partial charge in [0.1, 0.15) is 40.4 Å². The highest BCUT2D eigenvalue weighted by Crippen LogP contribution is 2.25. The number of rotatable bonds is 6. The fourth-order valence-corrected chi connectivity index (χ4v) is 3.77. The van der Waals surface area contributed by atoms with Crippen LogP contribution < -0.4 is 5.56 Å². The number of imidazole rings is 1. The Morgan fingerprint density at radius 3 is 3.00 bits per heavy atom. The Bertz CT molecular complexity index is 1270. The zero-order valence-corrected chi connectivity index (χ0v) is 16.1. The van der Waals surface area contributed by atoms with Crippen molar-refractivity contribution in [3.63, 3.8) is 0 Å². The Kier molecular flexibility index (Phi) is 5.21. The molecule has 0 fully saturated rings. The molecule has 0 bridgehead atoms. The van der Waals surface area contributed by atoms with Crippen LogP contribution in [-0.2, 0) is 21.8 Å². The molecule has 0 saturated carbocycles. The van der Waals surface area contributed by atoms with Crippen molar-refractivity contribution in [1.82, 2.24) is 29.5 Å². The Hall–Kier alpha value is -3.34. The molecule has 0 spiro atoms. The minimum atomic E-state index is -0.688. The number of ether oxygens (including phenoxy) is 1. The van der Waals surface area contributed by atoms with Crippen LogP contribution in [0, 0.1) is 5.82 Å². The number of aromatic amines is 1. The number of benzene rings is 1. The molecule has 0 unspecified atom stereocenters. The van der Waals surface area contributed by atoms with Crippen LogP contribution in [-0.4, -0.2) is 42.1 Å². The van der Waals surface area contributed by atoms with Crippen LogP contribution in [0.2, 0.25) is 0 Å². The summed E-state index contributed by atoms with van der Waals surface area (Å²) in [4.78, 5) is 44.7. The Labute approximate surface area is 167 Å². The van der Waals surface area contributed by atoms with E-state index in [0.717, 1.165) is 4.57 Å². The van der Waals surface area contributed by atoms with Crippen molar-refractivity contribution in [2.24, 2.45) is 0 Å². The number of carbonyl (C=O) groups excluding carboxylic acids is 1. The first kappa shape index (κ1) is 19.0. The fraction of sp³-hybridized carbons (Fsp3) is 0.222. The predicted molar refractivity (Wildman–Crippen MR) is 104 cm³/mol. The van der Waals surface area contributed by atoms with Crippen molar-refractivity contribution in [3.05, 3.63) is 52.8 Å². The number of H-pyrrole nitrogens is 1. The number of nitrogens with zero attached hydrogens (tertiary/aromatic N) is 5. The quantitative estimate of drug-likeness (QED) is 0.290. The molecule has 148 valence electrons. The number of fused-ring (bicyclic) bond motifs is 2. The van der Waals surface area contributed by atoms with E-state index in [4.69, 9.17) is 4.74 Å². The minimum absolute atomic E-state index is 0.163. The molecule has 0 saturated heterocycles. The third-order valence-corrected chi connectivity index (χ3v) is 5.12. The number of hydrogen-bond donors (Lipinski definition) is 1. The van der Waals surface area contributed by atoms with Crippen LogP contribution in [0.15, 0.2) is 40.7 Å². The standard InChI is InChI=1S/C18H15FN6O3S/c1-2-28-13(26)6-25-12(24-11-5-3-4-10(19)14(11)18(25)27)7-29-17-15-16(21-8-20-15)22-9-23-17/h3-5,8-9H,2,6-7H2,1H3,(H,20,21,22,23). The van der Waals surface area contributed by atoms with Gasteiger partial charge in [0, 0.05) is 0 Å². The van der Waals surface area contributed by atoms with Gasteiger partial charge in [-0.3, -0.25) is 14.2 Å². The summed E-state index contributed by atoms with van der Waals surface area (Å²) in [5.74, 6) is -0.771. The summed E-state index contributed by atoms with van der Waals surface area (Å²) in [5.41, 5.74) is 0.759. The molecule has 4 aromatic rings. The van der Waals surface area contributed by atoms with Gasteiger partial charge in [-0.2, -0.15) is 0 Å². The molecule has 1 aromatic carbocycles. The zero-order chi connectivity index (χ0) is 20.4. The molecule has 0 radical (unpaired) electrons. The van der Waals surface area contributed by atoms with E-state index in [1.807, 2.05) is 0 Å². The largest absolute Gasteiger partial charge is 0.465 e. The van der Waals surface area contributed by atoms with E-state index in [9.17, 15) is 14.0 Å². The van der Waals surface area contributed by atoms with Crippen LogP contribution in [0.5, 0.6) is 0 Å². The first-order valence-corrected chi connectivity index (χ1v) is 9.67. The number of thioether (sulfide) groups is 1. The third kappa shape index (κ3) is 3.68. The van der Waals surface area contributed by atoms with E-state index >= 15 is 0 Å². The number of nitrogens with one attached hydrogen (secondary N) is 1. The Morgan fingerprint density at radius 1 is 1.31 bits per heavy atom. The monoisotopic (exact) mass is 414 g/mol. The average Bonchev–Trinajstić information content (AvgIpc) is 3.18. The van der Waals surface area contributed by atoms with Crippen molar-refractivity contribution < 1.29 is 13.9 Å². The highest BCUT2D eigenvalue weighted by molar-refractivity contribution is 7.98. The first-order chi connectivity index (χ1) is 14.1. The lowest BCUT2D eigenvalue weighted by Crippen LogP contribution is -2.29. The highest BCUT2D eigenvalue weighted by Gasteiger charge is 2.18. The zero-order valence-electron chi connectivity index (χ0n) is 15.3. The van der Waals surface area contributed by atoms with E-state index in [1.165, 1.54) is 36.5 Å². The molecule has 3 heterocycles. The Balaban J connectivity index is 1.76. The second-order valence-electron chi connectivity index (χ2n) is 5.93. The summed E-state index contributed by atoms with van der Waals surface area (Å²) >= 11 is 1.29. The van der Waals surface area contributed by atoms with E-state index in [-0.39, 0.29) is 29.8 Å². The molecule has 3 aromatic heterocycles. The summed E-state index contributed by atoms with van der Waals surface area (Å²) in [6.07, 6.45) is 2.90. The summed E-state index contributed by atoms with van der Waals surface area (Å²) in [5, 5.41) is 0.451. The molecule has 0 aliphatic heterocycles. The summed E-state index contributed by atoms with van der Waals surface area (Å²) in [6.45, 7) is 1.48. The molecule has 29 heavy (non-hydrogen) atoms. The molecule has 0 aliphatic carbocycles. The molecular weight excluding hydrogens is 399 g/mol. The molecular formula is C18H15FN6O3S. The van der Waals surface area contributed by atoms with Crippen molar-refractivity contribution in [2.45, 2.75) is 24.2 Å². The third-order valence-electron chi connectivity index (χ3n) is 4.13. The van der Waals surface area contributed by atoms with E-state index < -0.39 is 17.3 Å². The molecule has 1 N–H and O–H groups in total. The van der Waals surface area contributed by atoms with Crippen LogP contribution >= 0.6 is 11.8 Å². The SMILES string of the molecule is CCOC(=O)Cn1c(CSc2ncnc3nc[nH]c23)nc2cccc(F)c2c1=O. The number of carbonyl (C=O) groups is 1. The minimum Gasteiger partial charge on any atom is -0.465 e. The van der Waals surface area contributed by atoms with Gasteiger partial charge in [-0.1, -0.05) is 17.8 Å². The van der Waals surface area contributed by atoms with Gasteiger partial charge in [-0.05, 0) is 19.1 Å². The molecule has 0 aliphatic rings. The Morgan fingerprint density at radius 2 is 2.17 bits per heavy atom. The van der Waals surface area contributed by atoms with Crippen LogP contribution in [0.4, 0.5) is 4.39 Å². The first-order valence-electron chi connectivity index (χ1n) is 8.69. The second kappa shape index (κ2) is 7.95. The van der Waals surface area contributed by atoms with Crippen molar-refractivity contribution >= 4 is 39.8 Å². The average molecular weight is 414 g/mol. The summed E-state index contributed by atoms with van der Waals surface area (Å²) in [7, 11) is 0. The van der Waals surface area contributed by atoms with E-state index in [1.54, 1.807) is 13.0 Å². The van der Waals surface area contributed by atoms with Gasteiger partial charge >= 0.3 is 5.97 Å².